The van der Waals surface area contributed by atoms with E-state index in [0.29, 0.717) is 13.0 Å². The van der Waals surface area contributed by atoms with Gasteiger partial charge in [0.1, 0.15) is 0 Å². The highest BCUT2D eigenvalue weighted by Gasteiger charge is 2.34. The van der Waals surface area contributed by atoms with Crippen molar-refractivity contribution in [2.24, 2.45) is 5.73 Å². The number of benzene rings is 4. The third-order valence-electron chi connectivity index (χ3n) is 8.34. The third-order valence-corrected chi connectivity index (χ3v) is 8.34. The quantitative estimate of drug-likeness (QED) is 0.301. The fourth-order valence-corrected chi connectivity index (χ4v) is 6.15. The summed E-state index contributed by atoms with van der Waals surface area (Å²) in [7, 11) is 0. The average molecular weight is 535 g/mol. The highest BCUT2D eigenvalue weighted by Crippen LogP contribution is 2.23. The molecule has 1 heterocycles. The Hall–Kier alpha value is -3.67. The maximum Gasteiger partial charge on any atom is 0.227 e. The van der Waals surface area contributed by atoms with E-state index in [1.165, 1.54) is 33.0 Å². The van der Waals surface area contributed by atoms with Crippen LogP contribution in [0.4, 0.5) is 5.69 Å². The van der Waals surface area contributed by atoms with E-state index in [2.05, 4.69) is 91.2 Å². The van der Waals surface area contributed by atoms with Crippen molar-refractivity contribution in [3.63, 3.8) is 0 Å². The largest absolute Gasteiger partial charge is 0.399 e. The number of carbonyl (C=O) groups is 1. The summed E-state index contributed by atoms with van der Waals surface area (Å²) in [4.78, 5) is 18.3. The standard InChI is InChI=1S/C35H42N4O/c1-24-8-12-30(25(2)16-24)20-33(37)22-38-21-26(3)39(23-34(38)18-27-10-14-32(36)15-11-27)35(40)19-28-9-13-29-6-4-5-7-31(29)17-28/h4-17,26,33-34H,18-23,36-37H2,1-3H3. The maximum absolute atomic E-state index is 13.7. The number of hydrogen-bond donors (Lipinski definition) is 2. The van der Waals surface area contributed by atoms with Gasteiger partial charge in [-0.15, -0.1) is 0 Å². The fourth-order valence-electron chi connectivity index (χ4n) is 6.15. The Morgan fingerprint density at radius 3 is 2.38 bits per heavy atom. The van der Waals surface area contributed by atoms with Crippen LogP contribution in [0.2, 0.25) is 0 Å². The third kappa shape index (κ3) is 6.72. The topological polar surface area (TPSA) is 75.6 Å². The molecule has 4 N–H and O–H groups in total. The molecule has 0 saturated carbocycles. The summed E-state index contributed by atoms with van der Waals surface area (Å²) < 4.78 is 0. The predicted molar refractivity (Wildman–Crippen MR) is 166 cm³/mol. The minimum Gasteiger partial charge on any atom is -0.399 e. The number of carbonyl (C=O) groups excluding carboxylic acids is 1. The van der Waals surface area contributed by atoms with Gasteiger partial charge >= 0.3 is 0 Å². The zero-order valence-electron chi connectivity index (χ0n) is 24.0. The van der Waals surface area contributed by atoms with Crippen LogP contribution in [0.1, 0.15) is 34.7 Å². The van der Waals surface area contributed by atoms with E-state index in [0.717, 1.165) is 37.2 Å². The Kier molecular flexibility index (Phi) is 8.53. The van der Waals surface area contributed by atoms with Crippen molar-refractivity contribution in [2.75, 3.05) is 25.4 Å². The molecule has 208 valence electrons. The van der Waals surface area contributed by atoms with Gasteiger partial charge in [-0.05, 0) is 78.8 Å². The summed E-state index contributed by atoms with van der Waals surface area (Å²) in [6, 6.07) is 29.7. The second kappa shape index (κ2) is 12.2. The molecule has 4 aromatic carbocycles. The highest BCUT2D eigenvalue weighted by molar-refractivity contribution is 5.85. The van der Waals surface area contributed by atoms with Crippen LogP contribution in [0.25, 0.3) is 10.8 Å². The molecule has 0 bridgehead atoms. The Morgan fingerprint density at radius 1 is 0.900 bits per heavy atom. The van der Waals surface area contributed by atoms with Crippen LogP contribution in [-0.4, -0.2) is 53.5 Å². The first kappa shape index (κ1) is 27.9. The minimum atomic E-state index is 0.0161. The molecule has 5 heteroatoms. The van der Waals surface area contributed by atoms with E-state index in [4.69, 9.17) is 11.5 Å². The Balaban J connectivity index is 1.31. The van der Waals surface area contributed by atoms with Crippen molar-refractivity contribution >= 4 is 22.4 Å². The molecule has 1 aliphatic heterocycles. The molecule has 3 unspecified atom stereocenters. The highest BCUT2D eigenvalue weighted by atomic mass is 16.2. The first-order valence-corrected chi connectivity index (χ1v) is 14.4. The Bertz CT molecular complexity index is 1460. The molecule has 5 nitrogen and oxygen atoms in total. The molecule has 1 amide bonds. The molecule has 0 aliphatic carbocycles. The number of anilines is 1. The van der Waals surface area contributed by atoms with Gasteiger partial charge < -0.3 is 16.4 Å². The first-order valence-electron chi connectivity index (χ1n) is 14.4. The molecule has 4 aromatic rings. The van der Waals surface area contributed by atoms with Crippen LogP contribution in [0.3, 0.4) is 0 Å². The smallest absolute Gasteiger partial charge is 0.227 e. The summed E-state index contributed by atoms with van der Waals surface area (Å²) in [5.74, 6) is 0.185. The van der Waals surface area contributed by atoms with Gasteiger partial charge in [0.15, 0.2) is 0 Å². The SMILES string of the molecule is Cc1ccc(CC(N)CN2CC(C)N(C(=O)Cc3ccc4ccccc4c3)CC2Cc2ccc(N)cc2)c(C)c1. The lowest BCUT2D eigenvalue weighted by Crippen LogP contribution is -2.61. The summed E-state index contributed by atoms with van der Waals surface area (Å²) in [5.41, 5.74) is 19.7. The maximum atomic E-state index is 13.7. The Labute approximate surface area is 238 Å². The Morgan fingerprint density at radius 2 is 1.62 bits per heavy atom. The van der Waals surface area contributed by atoms with Gasteiger partial charge in [-0.25, -0.2) is 0 Å². The zero-order chi connectivity index (χ0) is 28.2. The van der Waals surface area contributed by atoms with E-state index in [9.17, 15) is 4.79 Å². The van der Waals surface area contributed by atoms with Crippen LogP contribution in [-0.2, 0) is 24.1 Å². The second-order valence-corrected chi connectivity index (χ2v) is 11.7. The summed E-state index contributed by atoms with van der Waals surface area (Å²) >= 11 is 0. The molecule has 1 fully saturated rings. The van der Waals surface area contributed by atoms with Crippen LogP contribution < -0.4 is 11.5 Å². The molecule has 1 saturated heterocycles. The number of nitrogen functional groups attached to an aromatic ring is 1. The van der Waals surface area contributed by atoms with Gasteiger partial charge in [0.05, 0.1) is 6.42 Å². The molecule has 1 aliphatic rings. The van der Waals surface area contributed by atoms with Crippen LogP contribution in [0.15, 0.2) is 84.9 Å². The number of fused-ring (bicyclic) bond motifs is 1. The van der Waals surface area contributed by atoms with Crippen molar-refractivity contribution in [3.05, 3.63) is 113 Å². The number of amides is 1. The zero-order valence-corrected chi connectivity index (χ0v) is 24.0. The summed E-state index contributed by atoms with van der Waals surface area (Å²) in [5, 5.41) is 2.37. The lowest BCUT2D eigenvalue weighted by molar-refractivity contribution is -0.136. The van der Waals surface area contributed by atoms with E-state index < -0.39 is 0 Å². The van der Waals surface area contributed by atoms with Crippen LogP contribution in [0.5, 0.6) is 0 Å². The molecule has 3 atom stereocenters. The number of nitrogens with zero attached hydrogens (tertiary/aromatic N) is 2. The van der Waals surface area contributed by atoms with Gasteiger partial charge in [-0.2, -0.15) is 0 Å². The van der Waals surface area contributed by atoms with Crippen molar-refractivity contribution in [1.29, 1.82) is 0 Å². The number of rotatable bonds is 8. The molecule has 0 aromatic heterocycles. The second-order valence-electron chi connectivity index (χ2n) is 11.7. The number of piperazine rings is 1. The summed E-state index contributed by atoms with van der Waals surface area (Å²) in [6.45, 7) is 8.75. The molecular weight excluding hydrogens is 492 g/mol. The molecule has 0 spiro atoms. The predicted octanol–water partition coefficient (Wildman–Crippen LogP) is 5.30. The van der Waals surface area contributed by atoms with Crippen LogP contribution in [0, 0.1) is 13.8 Å². The molecule has 5 rings (SSSR count). The van der Waals surface area contributed by atoms with Crippen molar-refractivity contribution in [3.8, 4) is 0 Å². The van der Waals surface area contributed by atoms with E-state index in [1.807, 2.05) is 24.3 Å². The molecule has 40 heavy (non-hydrogen) atoms. The monoisotopic (exact) mass is 534 g/mol. The fraction of sp³-hybridized carbons (Fsp3) is 0.343. The van der Waals surface area contributed by atoms with Crippen molar-refractivity contribution in [1.82, 2.24) is 9.80 Å². The number of hydrogen-bond acceptors (Lipinski definition) is 4. The molecule has 0 radical (unpaired) electrons. The lowest BCUT2D eigenvalue weighted by Gasteiger charge is -2.46. The van der Waals surface area contributed by atoms with Gasteiger partial charge in [-0.1, -0.05) is 78.4 Å². The summed E-state index contributed by atoms with van der Waals surface area (Å²) in [6.07, 6.45) is 2.11. The number of aryl methyl sites for hydroxylation is 2. The number of nitrogens with two attached hydrogens (primary N) is 2. The van der Waals surface area contributed by atoms with Gasteiger partial charge in [0, 0.05) is 43.4 Å². The van der Waals surface area contributed by atoms with E-state index in [-0.39, 0.29) is 24.0 Å². The van der Waals surface area contributed by atoms with E-state index in [1.54, 1.807) is 0 Å². The van der Waals surface area contributed by atoms with Gasteiger partial charge in [0.2, 0.25) is 5.91 Å². The van der Waals surface area contributed by atoms with Crippen LogP contribution >= 0.6 is 0 Å². The van der Waals surface area contributed by atoms with Gasteiger partial charge in [0.25, 0.3) is 0 Å². The van der Waals surface area contributed by atoms with Gasteiger partial charge in [-0.3, -0.25) is 9.69 Å². The normalized spacial score (nSPS) is 18.6. The van der Waals surface area contributed by atoms with E-state index >= 15 is 0 Å². The lowest BCUT2D eigenvalue weighted by atomic mass is 9.96. The van der Waals surface area contributed by atoms with Crippen molar-refractivity contribution < 1.29 is 4.79 Å². The van der Waals surface area contributed by atoms with Crippen molar-refractivity contribution in [2.45, 2.75) is 58.2 Å². The first-order chi connectivity index (χ1) is 19.2. The molecular formula is C35H42N4O. The minimum absolute atomic E-state index is 0.0161. The average Bonchev–Trinajstić information content (AvgIpc) is 2.92.